The largest absolute Gasteiger partial charge is 0.496 e. The molecular weight excluding hydrogens is 296 g/mol. The van der Waals surface area contributed by atoms with Crippen LogP contribution in [0, 0.1) is 0 Å². The summed E-state index contributed by atoms with van der Waals surface area (Å²) in [5.41, 5.74) is 0.343. The molecule has 0 aliphatic rings. The minimum absolute atomic E-state index is 0.178. The van der Waals surface area contributed by atoms with Gasteiger partial charge in [0, 0.05) is 17.1 Å². The second-order valence-corrected chi connectivity index (χ2v) is 4.98. The number of rotatable bonds is 4. The molecule has 0 saturated heterocycles. The normalized spacial score (nSPS) is 10.7. The van der Waals surface area contributed by atoms with E-state index < -0.39 is 11.5 Å². The molecule has 116 valence electrons. The first-order valence-electron chi connectivity index (χ1n) is 6.95. The monoisotopic (exact) mass is 310 g/mol. The lowest BCUT2D eigenvalue weighted by Gasteiger charge is -2.13. The lowest BCUT2D eigenvalue weighted by molar-refractivity contribution is 0.0694. The smallest absolute Gasteiger partial charge is 0.341 e. The topological polar surface area (TPSA) is 81.4 Å². The summed E-state index contributed by atoms with van der Waals surface area (Å²) in [6.45, 7) is 0.178. The lowest BCUT2D eigenvalue weighted by Crippen LogP contribution is -2.27. The van der Waals surface area contributed by atoms with Gasteiger partial charge >= 0.3 is 5.97 Å². The number of aromatic carboxylic acids is 1. The van der Waals surface area contributed by atoms with Crippen LogP contribution in [0.15, 0.2) is 53.5 Å². The number of aromatic nitrogens is 2. The van der Waals surface area contributed by atoms with E-state index in [2.05, 4.69) is 4.98 Å². The first kappa shape index (κ1) is 14.8. The Morgan fingerprint density at radius 2 is 2.04 bits per heavy atom. The summed E-state index contributed by atoms with van der Waals surface area (Å²) >= 11 is 0. The maximum atomic E-state index is 12.5. The van der Waals surface area contributed by atoms with Crippen molar-refractivity contribution in [3.63, 3.8) is 0 Å². The van der Waals surface area contributed by atoms with E-state index in [-0.39, 0.29) is 12.1 Å². The predicted molar refractivity (Wildman–Crippen MR) is 85.1 cm³/mol. The van der Waals surface area contributed by atoms with Gasteiger partial charge in [0.05, 0.1) is 13.7 Å². The number of hydrogen-bond donors (Lipinski definition) is 1. The maximum absolute atomic E-state index is 12.5. The second kappa shape index (κ2) is 5.92. The number of hydrogen-bond acceptors (Lipinski definition) is 4. The number of fused-ring (bicyclic) bond motifs is 1. The van der Waals surface area contributed by atoms with Crippen LogP contribution < -0.4 is 10.3 Å². The average molecular weight is 310 g/mol. The van der Waals surface area contributed by atoms with Gasteiger partial charge in [-0.1, -0.05) is 18.2 Å². The molecule has 23 heavy (non-hydrogen) atoms. The molecule has 0 fully saturated rings. The highest BCUT2D eigenvalue weighted by atomic mass is 16.5. The van der Waals surface area contributed by atoms with Crippen LogP contribution in [0.1, 0.15) is 15.9 Å². The number of carboxylic acid groups (broad SMARTS) is 1. The molecule has 3 rings (SSSR count). The fourth-order valence-electron chi connectivity index (χ4n) is 2.51. The highest BCUT2D eigenvalue weighted by Gasteiger charge is 2.16. The van der Waals surface area contributed by atoms with Crippen molar-refractivity contribution < 1.29 is 14.6 Å². The Balaban J connectivity index is 2.25. The first-order valence-corrected chi connectivity index (χ1v) is 6.95. The van der Waals surface area contributed by atoms with Crippen molar-refractivity contribution in [3.05, 3.63) is 70.1 Å². The summed E-state index contributed by atoms with van der Waals surface area (Å²) in [7, 11) is 1.55. The maximum Gasteiger partial charge on any atom is 0.341 e. The molecule has 0 atom stereocenters. The van der Waals surface area contributed by atoms with Gasteiger partial charge in [0.25, 0.3) is 5.56 Å². The summed E-state index contributed by atoms with van der Waals surface area (Å²) in [6.07, 6.45) is 1.57. The number of ether oxygens (including phenoxy) is 1. The van der Waals surface area contributed by atoms with Gasteiger partial charge in [0.1, 0.15) is 17.0 Å². The third-order valence-corrected chi connectivity index (χ3v) is 3.60. The Hall–Kier alpha value is -3.15. The number of methoxy groups -OCH3 is 1. The molecule has 0 radical (unpaired) electrons. The van der Waals surface area contributed by atoms with E-state index >= 15 is 0 Å². The first-order chi connectivity index (χ1) is 11.1. The third-order valence-electron chi connectivity index (χ3n) is 3.60. The Morgan fingerprint density at radius 3 is 2.78 bits per heavy atom. The standard InChI is InChI=1S/C17H14N2O4/c1-23-14-7-3-2-5-12(14)10-19-15-11(6-4-8-18-15)9-13(16(19)20)17(21)22/h2-9H,10H2,1H3,(H,21,22). The molecule has 2 heterocycles. The molecule has 0 spiro atoms. The summed E-state index contributed by atoms with van der Waals surface area (Å²) in [4.78, 5) is 28.1. The van der Waals surface area contributed by atoms with Crippen LogP contribution >= 0.6 is 0 Å². The van der Waals surface area contributed by atoms with Crippen LogP contribution in [-0.4, -0.2) is 27.7 Å². The minimum Gasteiger partial charge on any atom is -0.496 e. The lowest BCUT2D eigenvalue weighted by atomic mass is 10.1. The average Bonchev–Trinajstić information content (AvgIpc) is 2.57. The quantitative estimate of drug-likeness (QED) is 0.798. The van der Waals surface area contributed by atoms with Crippen molar-refractivity contribution in [1.29, 1.82) is 0 Å². The highest BCUT2D eigenvalue weighted by molar-refractivity contribution is 5.91. The van der Waals surface area contributed by atoms with E-state index in [0.717, 1.165) is 5.56 Å². The van der Waals surface area contributed by atoms with Crippen molar-refractivity contribution in [3.8, 4) is 5.75 Å². The Morgan fingerprint density at radius 1 is 1.26 bits per heavy atom. The fraction of sp³-hybridized carbons (Fsp3) is 0.118. The third kappa shape index (κ3) is 2.66. The van der Waals surface area contributed by atoms with Gasteiger partial charge in [-0.25, -0.2) is 9.78 Å². The van der Waals surface area contributed by atoms with Crippen LogP contribution in [0.2, 0.25) is 0 Å². The molecular formula is C17H14N2O4. The Kier molecular flexibility index (Phi) is 3.80. The molecule has 0 aliphatic carbocycles. The predicted octanol–water partition coefficient (Wildman–Crippen LogP) is 2.15. The molecule has 2 aromatic heterocycles. The van der Waals surface area contributed by atoms with Crippen LogP contribution in [0.5, 0.6) is 5.75 Å². The van der Waals surface area contributed by atoms with Gasteiger partial charge in [-0.2, -0.15) is 0 Å². The number of carbonyl (C=O) groups is 1. The number of para-hydroxylation sites is 1. The highest BCUT2D eigenvalue weighted by Crippen LogP contribution is 2.20. The fourth-order valence-corrected chi connectivity index (χ4v) is 2.51. The van der Waals surface area contributed by atoms with Crippen LogP contribution in [0.3, 0.4) is 0 Å². The summed E-state index contributed by atoms with van der Waals surface area (Å²) in [6, 6.07) is 12.1. The van der Waals surface area contributed by atoms with Gasteiger partial charge in [-0.15, -0.1) is 0 Å². The van der Waals surface area contributed by atoms with Crippen LogP contribution in [-0.2, 0) is 6.54 Å². The van der Waals surface area contributed by atoms with Gasteiger partial charge in [0.15, 0.2) is 0 Å². The zero-order chi connectivity index (χ0) is 16.4. The molecule has 0 amide bonds. The molecule has 0 unspecified atom stereocenters. The van der Waals surface area contributed by atoms with Gasteiger partial charge in [-0.05, 0) is 24.3 Å². The SMILES string of the molecule is COc1ccccc1Cn1c(=O)c(C(=O)O)cc2cccnc21. The number of nitrogens with zero attached hydrogens (tertiary/aromatic N) is 2. The minimum atomic E-state index is -1.26. The van der Waals surface area contributed by atoms with Crippen molar-refractivity contribution in [2.24, 2.45) is 0 Å². The van der Waals surface area contributed by atoms with E-state index in [1.165, 1.54) is 10.6 Å². The van der Waals surface area contributed by atoms with Gasteiger partial charge in [-0.3, -0.25) is 9.36 Å². The molecule has 1 aromatic carbocycles. The molecule has 0 bridgehead atoms. The van der Waals surface area contributed by atoms with E-state index in [4.69, 9.17) is 4.74 Å². The van der Waals surface area contributed by atoms with Crippen LogP contribution in [0.25, 0.3) is 11.0 Å². The summed E-state index contributed by atoms with van der Waals surface area (Å²) < 4.78 is 6.65. The second-order valence-electron chi connectivity index (χ2n) is 4.98. The van der Waals surface area contributed by atoms with E-state index in [0.29, 0.717) is 16.8 Å². The van der Waals surface area contributed by atoms with Crippen molar-refractivity contribution in [1.82, 2.24) is 9.55 Å². The Labute approximate surface area is 131 Å². The molecule has 0 saturated carbocycles. The zero-order valence-electron chi connectivity index (χ0n) is 12.4. The van der Waals surface area contributed by atoms with Gasteiger partial charge in [0.2, 0.25) is 0 Å². The molecule has 6 heteroatoms. The molecule has 1 N–H and O–H groups in total. The van der Waals surface area contributed by atoms with Crippen LogP contribution in [0.4, 0.5) is 0 Å². The summed E-state index contributed by atoms with van der Waals surface area (Å²) in [5.74, 6) is -0.626. The number of benzene rings is 1. The van der Waals surface area contributed by atoms with E-state index in [9.17, 15) is 14.7 Å². The molecule has 0 aliphatic heterocycles. The van der Waals surface area contributed by atoms with E-state index in [1.807, 2.05) is 18.2 Å². The van der Waals surface area contributed by atoms with Crippen molar-refractivity contribution in [2.75, 3.05) is 7.11 Å². The number of pyridine rings is 2. The molecule has 3 aromatic rings. The Bertz CT molecular complexity index is 947. The summed E-state index contributed by atoms with van der Waals surface area (Å²) in [5, 5.41) is 9.85. The molecule has 6 nitrogen and oxygen atoms in total. The van der Waals surface area contributed by atoms with E-state index in [1.54, 1.807) is 31.5 Å². The van der Waals surface area contributed by atoms with Gasteiger partial charge < -0.3 is 9.84 Å². The number of carboxylic acids is 1. The van der Waals surface area contributed by atoms with Crippen molar-refractivity contribution in [2.45, 2.75) is 6.54 Å². The zero-order valence-corrected chi connectivity index (χ0v) is 12.4. The van der Waals surface area contributed by atoms with Crippen molar-refractivity contribution >= 4 is 17.0 Å².